The first-order chi connectivity index (χ1) is 2.81. The number of halogens is 1. The molecule has 0 heterocycles. The van der Waals surface area contributed by atoms with Gasteiger partial charge in [-0.3, -0.25) is 4.79 Å². The normalized spacial score (nSPS) is 5.75. The van der Waals surface area contributed by atoms with Crippen molar-refractivity contribution >= 4 is 5.97 Å². The molecule has 0 aliphatic rings. The molecule has 0 fully saturated rings. The summed E-state index contributed by atoms with van der Waals surface area (Å²) in [7, 11) is 0. The van der Waals surface area contributed by atoms with Gasteiger partial charge < -0.3 is 22.6 Å². The zero-order valence-electron chi connectivity index (χ0n) is 4.31. The molecule has 8 heavy (non-hydrogen) atoms. The van der Waals surface area contributed by atoms with Gasteiger partial charge in [0.25, 0.3) is 5.97 Å². The molecule has 0 spiro atoms. The fourth-order valence-corrected chi connectivity index (χ4v) is 0.0589. The molecule has 0 aromatic heterocycles. The molecular weight excluding hydrogens is 298 g/mol. The van der Waals surface area contributed by atoms with Crippen LogP contribution in [0.5, 0.6) is 0 Å². The predicted molar refractivity (Wildman–Crippen MR) is 16.4 cm³/mol. The van der Waals surface area contributed by atoms with E-state index in [1.54, 1.807) is 6.92 Å². The van der Waals surface area contributed by atoms with Crippen molar-refractivity contribution in [2.45, 2.75) is 13.3 Å². The number of hydrogen-bond acceptors (Lipinski definition) is 3. The predicted octanol–water partition coefficient (Wildman–Crippen LogP) is -3.78. The Morgan fingerprint density at radius 2 is 2.12 bits per heavy atom. The van der Waals surface area contributed by atoms with Crippen molar-refractivity contribution < 1.29 is 53.2 Å². The first kappa shape index (κ1) is 15.8. The van der Waals surface area contributed by atoms with Crippen molar-refractivity contribution in [3.05, 3.63) is 0 Å². The van der Waals surface area contributed by atoms with Gasteiger partial charge in [0.05, 0.1) is 0 Å². The molecular formula is C3H5ClHfO3-2. The van der Waals surface area contributed by atoms with Crippen molar-refractivity contribution in [1.82, 2.24) is 0 Å². The van der Waals surface area contributed by atoms with Crippen LogP contribution in [0.4, 0.5) is 0 Å². The van der Waals surface area contributed by atoms with Gasteiger partial charge in [-0.05, 0) is 0 Å². The maximum atomic E-state index is 9.65. The summed E-state index contributed by atoms with van der Waals surface area (Å²) in [6.07, 6.45) is 0.156. The molecule has 0 radical (unpaired) electrons. The summed E-state index contributed by atoms with van der Waals surface area (Å²) in [4.78, 5) is 12.7. The summed E-state index contributed by atoms with van der Waals surface area (Å²) >= 11 is 0. The van der Waals surface area contributed by atoms with Gasteiger partial charge in [0.1, 0.15) is 0 Å². The van der Waals surface area contributed by atoms with Crippen LogP contribution in [0.2, 0.25) is 0 Å². The first-order valence-electron chi connectivity index (χ1n) is 1.64. The molecule has 0 aromatic rings. The number of hydrogen-bond donors (Lipinski definition) is 0. The molecule has 48 valence electrons. The maximum absolute atomic E-state index is 9.65. The quantitative estimate of drug-likeness (QED) is 0.284. The molecule has 0 aliphatic heterocycles. The fraction of sp³-hybridized carbons (Fsp3) is 0.667. The average Bonchev–Trinajstić information content (AvgIpc) is 1.65. The van der Waals surface area contributed by atoms with Crippen LogP contribution in [0.15, 0.2) is 0 Å². The second-order valence-corrected chi connectivity index (χ2v) is 0.809. The van der Waals surface area contributed by atoms with Crippen molar-refractivity contribution in [3.63, 3.8) is 0 Å². The topological polar surface area (TPSA) is 49.4 Å². The largest absolute Gasteiger partial charge is 1.00 e. The first-order valence-corrected chi connectivity index (χ1v) is 1.64. The molecule has 0 unspecified atom stereocenters. The Morgan fingerprint density at radius 3 is 2.12 bits per heavy atom. The van der Waals surface area contributed by atoms with Crippen LogP contribution in [0.1, 0.15) is 13.3 Å². The Labute approximate surface area is 72.5 Å². The van der Waals surface area contributed by atoms with Crippen LogP contribution in [-0.2, 0) is 35.5 Å². The van der Waals surface area contributed by atoms with Gasteiger partial charge in [0.15, 0.2) is 0 Å². The Bertz CT molecular complexity index is 52.5. The number of carbonyl (C=O) groups is 1. The Morgan fingerprint density at radius 1 is 1.75 bits per heavy atom. The van der Waals surface area contributed by atoms with Crippen LogP contribution < -0.4 is 17.7 Å². The van der Waals surface area contributed by atoms with E-state index in [-0.39, 0.29) is 44.7 Å². The van der Waals surface area contributed by atoms with E-state index in [1.807, 2.05) is 0 Å². The van der Waals surface area contributed by atoms with E-state index < -0.39 is 5.97 Å². The van der Waals surface area contributed by atoms with Crippen LogP contribution in [-0.4, -0.2) is 5.97 Å². The van der Waals surface area contributed by atoms with E-state index in [9.17, 15) is 4.79 Å². The molecule has 5 heteroatoms. The molecule has 0 N–H and O–H groups in total. The Hall–Kier alpha value is 0.590. The summed E-state index contributed by atoms with van der Waals surface area (Å²) in [5, 5.41) is 9.01. The minimum Gasteiger partial charge on any atom is -1.00 e. The van der Waals surface area contributed by atoms with Gasteiger partial charge in [0.2, 0.25) is 0 Å². The number of rotatable bonds is 1. The second kappa shape index (κ2) is 10.5. The standard InChI is InChI=1S/C3H6O3.ClH.Hf/c1-2-3(4)6-5;;/h5H,2H2,1H3;1H;/p-2. The average molecular weight is 303 g/mol. The summed E-state index contributed by atoms with van der Waals surface area (Å²) in [5.41, 5.74) is 0. The van der Waals surface area contributed by atoms with Gasteiger partial charge in [0, 0.05) is 32.3 Å². The van der Waals surface area contributed by atoms with Crippen LogP contribution >= 0.6 is 0 Å². The van der Waals surface area contributed by atoms with E-state index >= 15 is 0 Å². The summed E-state index contributed by atoms with van der Waals surface area (Å²) in [6, 6.07) is 0. The zero-order valence-corrected chi connectivity index (χ0v) is 8.66. The van der Waals surface area contributed by atoms with Crippen molar-refractivity contribution in [2.75, 3.05) is 0 Å². The van der Waals surface area contributed by atoms with Crippen molar-refractivity contribution in [1.29, 1.82) is 0 Å². The minimum absolute atomic E-state index is 0. The van der Waals surface area contributed by atoms with Gasteiger partial charge >= 0.3 is 0 Å². The fourth-order valence-electron chi connectivity index (χ4n) is 0.0589. The summed E-state index contributed by atoms with van der Waals surface area (Å²) in [5.74, 6) is -0.713. The summed E-state index contributed by atoms with van der Waals surface area (Å²) < 4.78 is 0. The molecule has 0 atom stereocenters. The smallest absolute Gasteiger partial charge is 0.299 e. The van der Waals surface area contributed by atoms with E-state index in [4.69, 9.17) is 5.26 Å². The van der Waals surface area contributed by atoms with E-state index in [0.717, 1.165) is 0 Å². The van der Waals surface area contributed by atoms with Crippen LogP contribution in [0.25, 0.3) is 0 Å². The van der Waals surface area contributed by atoms with E-state index in [2.05, 4.69) is 4.89 Å². The van der Waals surface area contributed by atoms with Gasteiger partial charge in [-0.1, -0.05) is 6.92 Å². The molecule has 3 nitrogen and oxygen atoms in total. The third-order valence-electron chi connectivity index (χ3n) is 0.382. The van der Waals surface area contributed by atoms with Crippen LogP contribution in [0.3, 0.4) is 0 Å². The monoisotopic (exact) mass is 304 g/mol. The minimum atomic E-state index is -0.713. The molecule has 0 aromatic carbocycles. The van der Waals surface area contributed by atoms with Gasteiger partial charge in [-0.15, -0.1) is 0 Å². The van der Waals surface area contributed by atoms with Crippen LogP contribution in [0, 0.1) is 0 Å². The summed E-state index contributed by atoms with van der Waals surface area (Å²) in [6.45, 7) is 1.56. The second-order valence-electron chi connectivity index (χ2n) is 0.809. The third kappa shape index (κ3) is 9.77. The van der Waals surface area contributed by atoms with Gasteiger partial charge in [-0.25, -0.2) is 0 Å². The zero-order chi connectivity index (χ0) is 4.99. The van der Waals surface area contributed by atoms with Crippen molar-refractivity contribution in [3.8, 4) is 0 Å². The SMILES string of the molecule is CCC(=O)O[O-].[Cl-].[Hf]. The molecule has 0 aliphatic carbocycles. The Kier molecular flexibility index (Phi) is 20.9. The Balaban J connectivity index is -0.000000125. The maximum Gasteiger partial charge on any atom is 0.299 e. The van der Waals surface area contributed by atoms with E-state index in [1.165, 1.54) is 0 Å². The van der Waals surface area contributed by atoms with Crippen molar-refractivity contribution in [2.24, 2.45) is 0 Å². The molecule has 0 bridgehead atoms. The number of carbonyl (C=O) groups excluding carboxylic acids is 1. The molecule has 0 amide bonds. The third-order valence-corrected chi connectivity index (χ3v) is 0.382. The molecule has 0 saturated heterocycles. The van der Waals surface area contributed by atoms with E-state index in [0.29, 0.717) is 0 Å². The molecule has 0 saturated carbocycles. The van der Waals surface area contributed by atoms with Gasteiger partial charge in [-0.2, -0.15) is 0 Å². The molecule has 0 rings (SSSR count).